The van der Waals surface area contributed by atoms with E-state index in [4.69, 9.17) is 4.74 Å². The molecule has 0 unspecified atom stereocenters. The summed E-state index contributed by atoms with van der Waals surface area (Å²) in [7, 11) is 0. The summed E-state index contributed by atoms with van der Waals surface area (Å²) < 4.78 is 6.31. The number of benzene rings is 2. The van der Waals surface area contributed by atoms with Gasteiger partial charge in [-0.2, -0.15) is 0 Å². The fraction of sp³-hybridized carbons (Fsp3) is 0.333. The first-order chi connectivity index (χ1) is 14.0. The van der Waals surface area contributed by atoms with Gasteiger partial charge in [-0.1, -0.05) is 28.1 Å². The van der Waals surface area contributed by atoms with Crippen LogP contribution in [0.25, 0.3) is 0 Å². The molecule has 0 atom stereocenters. The van der Waals surface area contributed by atoms with Gasteiger partial charge in [0.15, 0.2) is 0 Å². The quantitative estimate of drug-likeness (QED) is 0.632. The number of ether oxygens (including phenoxy) is 1. The zero-order valence-electron chi connectivity index (χ0n) is 16.2. The molecular formula is C21H24BrN3O3S. The second-order valence-corrected chi connectivity index (χ2v) is 8.62. The van der Waals surface area contributed by atoms with Crippen LogP contribution in [-0.2, 0) is 14.3 Å². The summed E-state index contributed by atoms with van der Waals surface area (Å²) in [6, 6.07) is 13.5. The van der Waals surface area contributed by atoms with Gasteiger partial charge in [0.05, 0.1) is 36.1 Å². The summed E-state index contributed by atoms with van der Waals surface area (Å²) >= 11 is 4.75. The standard InChI is InChI=1S/C21H24BrN3O3S/c1-15-3-2-4-17(11-15)23-20(26)13-29-14-21(27)24-18-12-16(22)5-6-19(18)25-7-9-28-10-8-25/h2-6,11-12H,7-10,13-14H2,1H3,(H,23,26)(H,24,27). The Hall–Kier alpha value is -2.03. The summed E-state index contributed by atoms with van der Waals surface area (Å²) in [4.78, 5) is 26.7. The van der Waals surface area contributed by atoms with E-state index in [1.54, 1.807) is 0 Å². The van der Waals surface area contributed by atoms with Crippen molar-refractivity contribution in [2.24, 2.45) is 0 Å². The molecule has 1 fully saturated rings. The highest BCUT2D eigenvalue weighted by molar-refractivity contribution is 9.10. The van der Waals surface area contributed by atoms with Crippen molar-refractivity contribution in [1.29, 1.82) is 0 Å². The van der Waals surface area contributed by atoms with Crippen LogP contribution in [-0.4, -0.2) is 49.6 Å². The van der Waals surface area contributed by atoms with Crippen molar-refractivity contribution in [3.8, 4) is 0 Å². The van der Waals surface area contributed by atoms with Crippen molar-refractivity contribution in [2.75, 3.05) is 53.3 Å². The molecule has 6 nitrogen and oxygen atoms in total. The first kappa shape index (κ1) is 21.7. The van der Waals surface area contributed by atoms with Crippen molar-refractivity contribution in [3.05, 3.63) is 52.5 Å². The van der Waals surface area contributed by atoms with Crippen LogP contribution < -0.4 is 15.5 Å². The van der Waals surface area contributed by atoms with Crippen molar-refractivity contribution in [1.82, 2.24) is 0 Å². The maximum Gasteiger partial charge on any atom is 0.234 e. The molecule has 3 rings (SSSR count). The number of nitrogens with one attached hydrogen (secondary N) is 2. The molecule has 0 bridgehead atoms. The first-order valence-electron chi connectivity index (χ1n) is 9.37. The van der Waals surface area contributed by atoms with Gasteiger partial charge in [0.2, 0.25) is 11.8 Å². The SMILES string of the molecule is Cc1cccc(NC(=O)CSCC(=O)Nc2cc(Br)ccc2N2CCOCC2)c1. The molecule has 0 spiro atoms. The maximum absolute atomic E-state index is 12.4. The number of carbonyl (C=O) groups excluding carboxylic acids is 2. The topological polar surface area (TPSA) is 70.7 Å². The summed E-state index contributed by atoms with van der Waals surface area (Å²) in [6.07, 6.45) is 0. The van der Waals surface area contributed by atoms with Gasteiger partial charge in [-0.25, -0.2) is 0 Å². The highest BCUT2D eigenvalue weighted by Crippen LogP contribution is 2.30. The van der Waals surface area contributed by atoms with Gasteiger partial charge >= 0.3 is 0 Å². The molecule has 0 saturated carbocycles. The normalized spacial score (nSPS) is 13.8. The van der Waals surface area contributed by atoms with Crippen LogP contribution >= 0.6 is 27.7 Å². The highest BCUT2D eigenvalue weighted by Gasteiger charge is 2.16. The Balaban J connectivity index is 1.50. The molecular weight excluding hydrogens is 454 g/mol. The van der Waals surface area contributed by atoms with Gasteiger partial charge < -0.3 is 20.3 Å². The van der Waals surface area contributed by atoms with Crippen LogP contribution in [0.2, 0.25) is 0 Å². The lowest BCUT2D eigenvalue weighted by Crippen LogP contribution is -2.36. The molecule has 2 amide bonds. The third-order valence-electron chi connectivity index (χ3n) is 4.35. The number of carbonyl (C=O) groups is 2. The number of anilines is 3. The lowest BCUT2D eigenvalue weighted by atomic mass is 10.2. The molecule has 8 heteroatoms. The van der Waals surface area contributed by atoms with Crippen molar-refractivity contribution in [3.63, 3.8) is 0 Å². The van der Waals surface area contributed by atoms with Gasteiger partial charge in [0.1, 0.15) is 0 Å². The summed E-state index contributed by atoms with van der Waals surface area (Å²) in [6.45, 7) is 4.91. The van der Waals surface area contributed by atoms with Crippen LogP contribution in [0, 0.1) is 6.92 Å². The molecule has 1 heterocycles. The van der Waals surface area contributed by atoms with Gasteiger partial charge in [-0.3, -0.25) is 9.59 Å². The smallest absolute Gasteiger partial charge is 0.234 e. The monoisotopic (exact) mass is 477 g/mol. The van der Waals surface area contributed by atoms with E-state index in [2.05, 4.69) is 31.5 Å². The molecule has 2 N–H and O–H groups in total. The molecule has 0 aliphatic carbocycles. The Labute approximate surface area is 183 Å². The maximum atomic E-state index is 12.4. The number of halogens is 1. The number of amides is 2. The Kier molecular flexibility index (Phi) is 7.97. The minimum absolute atomic E-state index is 0.120. The predicted molar refractivity (Wildman–Crippen MR) is 123 cm³/mol. The van der Waals surface area contributed by atoms with Crippen LogP contribution in [0.5, 0.6) is 0 Å². The summed E-state index contributed by atoms with van der Waals surface area (Å²) in [5.41, 5.74) is 3.59. The van der Waals surface area contributed by atoms with E-state index in [-0.39, 0.29) is 23.3 Å². The average molecular weight is 478 g/mol. The number of hydrogen-bond donors (Lipinski definition) is 2. The van der Waals surface area contributed by atoms with Crippen LogP contribution in [0.1, 0.15) is 5.56 Å². The van der Waals surface area contributed by atoms with Gasteiger partial charge in [0, 0.05) is 23.2 Å². The fourth-order valence-corrected chi connectivity index (χ4v) is 4.01. The van der Waals surface area contributed by atoms with E-state index in [1.807, 2.05) is 49.4 Å². The number of rotatable bonds is 7. The van der Waals surface area contributed by atoms with Gasteiger partial charge in [-0.05, 0) is 42.8 Å². The van der Waals surface area contributed by atoms with E-state index in [0.717, 1.165) is 40.2 Å². The Morgan fingerprint density at radius 2 is 1.79 bits per heavy atom. The Morgan fingerprint density at radius 3 is 2.52 bits per heavy atom. The Morgan fingerprint density at radius 1 is 1.07 bits per heavy atom. The van der Waals surface area contributed by atoms with Crippen molar-refractivity contribution >= 4 is 56.6 Å². The Bertz CT molecular complexity index is 872. The molecule has 0 aromatic heterocycles. The highest BCUT2D eigenvalue weighted by atomic mass is 79.9. The lowest BCUT2D eigenvalue weighted by Gasteiger charge is -2.30. The van der Waals surface area contributed by atoms with E-state index in [9.17, 15) is 9.59 Å². The second-order valence-electron chi connectivity index (χ2n) is 6.72. The van der Waals surface area contributed by atoms with E-state index in [0.29, 0.717) is 13.2 Å². The van der Waals surface area contributed by atoms with Crippen LogP contribution in [0.3, 0.4) is 0 Å². The van der Waals surface area contributed by atoms with Crippen LogP contribution in [0.15, 0.2) is 46.9 Å². The number of morpholine rings is 1. The van der Waals surface area contributed by atoms with E-state index in [1.165, 1.54) is 11.8 Å². The minimum atomic E-state index is -0.133. The third kappa shape index (κ3) is 6.76. The van der Waals surface area contributed by atoms with Crippen molar-refractivity contribution < 1.29 is 14.3 Å². The van der Waals surface area contributed by atoms with Gasteiger partial charge in [0.25, 0.3) is 0 Å². The molecule has 1 aliphatic rings. The zero-order valence-corrected chi connectivity index (χ0v) is 18.6. The number of thioether (sulfide) groups is 1. The molecule has 2 aromatic rings. The third-order valence-corrected chi connectivity index (χ3v) is 5.78. The van der Waals surface area contributed by atoms with Crippen LogP contribution in [0.4, 0.5) is 17.1 Å². The van der Waals surface area contributed by atoms with Crippen molar-refractivity contribution in [2.45, 2.75) is 6.92 Å². The fourth-order valence-electron chi connectivity index (χ4n) is 3.03. The summed E-state index contributed by atoms with van der Waals surface area (Å²) in [5.74, 6) is 0.169. The molecule has 29 heavy (non-hydrogen) atoms. The molecule has 2 aromatic carbocycles. The molecule has 0 radical (unpaired) electrons. The van der Waals surface area contributed by atoms with Gasteiger partial charge in [-0.15, -0.1) is 11.8 Å². The lowest BCUT2D eigenvalue weighted by molar-refractivity contribution is -0.114. The summed E-state index contributed by atoms with van der Waals surface area (Å²) in [5, 5.41) is 5.83. The number of hydrogen-bond acceptors (Lipinski definition) is 5. The average Bonchev–Trinajstić information content (AvgIpc) is 2.69. The zero-order chi connectivity index (χ0) is 20.6. The molecule has 154 valence electrons. The number of nitrogens with zero attached hydrogens (tertiary/aromatic N) is 1. The number of aryl methyl sites for hydroxylation is 1. The molecule has 1 aliphatic heterocycles. The predicted octanol–water partition coefficient (Wildman–Crippen LogP) is 3.90. The van der Waals surface area contributed by atoms with E-state index < -0.39 is 0 Å². The van der Waals surface area contributed by atoms with E-state index >= 15 is 0 Å². The molecule has 1 saturated heterocycles. The largest absolute Gasteiger partial charge is 0.378 e. The second kappa shape index (κ2) is 10.7. The first-order valence-corrected chi connectivity index (χ1v) is 11.3. The minimum Gasteiger partial charge on any atom is -0.378 e.